The topological polar surface area (TPSA) is 55.1 Å². The van der Waals surface area contributed by atoms with Crippen LogP contribution in [0.3, 0.4) is 0 Å². The van der Waals surface area contributed by atoms with Crippen molar-refractivity contribution in [3.8, 4) is 11.6 Å². The Balaban J connectivity index is 1.42. The van der Waals surface area contributed by atoms with Crippen LogP contribution in [0.5, 0.6) is 0 Å². The Kier molecular flexibility index (Phi) is 4.33. The number of rotatable bonds is 4. The summed E-state index contributed by atoms with van der Waals surface area (Å²) in [5, 5.41) is 10.7. The van der Waals surface area contributed by atoms with Crippen LogP contribution in [-0.2, 0) is 6.54 Å². The van der Waals surface area contributed by atoms with Gasteiger partial charge in [-0.3, -0.25) is 9.88 Å². The largest absolute Gasteiger partial charge is 0.418 e. The molecule has 4 aromatic rings. The molecule has 3 heterocycles. The lowest BCUT2D eigenvalue weighted by Crippen LogP contribution is -2.23. The van der Waals surface area contributed by atoms with Crippen molar-refractivity contribution in [3.63, 3.8) is 0 Å². The minimum absolute atomic E-state index is 0.0706. The molecule has 0 N–H and O–H groups in total. The highest BCUT2D eigenvalue weighted by molar-refractivity contribution is 5.92. The molecule has 6 heteroatoms. The summed E-state index contributed by atoms with van der Waals surface area (Å²) in [4.78, 5) is 6.77. The van der Waals surface area contributed by atoms with Crippen LogP contribution >= 0.6 is 0 Å². The van der Waals surface area contributed by atoms with Crippen molar-refractivity contribution in [1.82, 2.24) is 20.1 Å². The van der Waals surface area contributed by atoms with Gasteiger partial charge in [-0.25, -0.2) is 4.39 Å². The molecule has 1 fully saturated rings. The molecule has 1 aliphatic rings. The molecule has 1 unspecified atom stereocenters. The molecular weight excluding hydrogens is 355 g/mol. The van der Waals surface area contributed by atoms with E-state index >= 15 is 0 Å². The summed E-state index contributed by atoms with van der Waals surface area (Å²) in [7, 11) is 0. The highest BCUT2D eigenvalue weighted by atomic mass is 19.1. The van der Waals surface area contributed by atoms with Gasteiger partial charge in [-0.15, -0.1) is 10.2 Å². The number of aromatic nitrogens is 3. The number of halogens is 1. The lowest BCUT2D eigenvalue weighted by Gasteiger charge is -2.21. The minimum Gasteiger partial charge on any atom is -0.418 e. The summed E-state index contributed by atoms with van der Waals surface area (Å²) in [5.41, 5.74) is 1.78. The molecule has 0 bridgehead atoms. The predicted molar refractivity (Wildman–Crippen MR) is 104 cm³/mol. The molecule has 5 nitrogen and oxygen atoms in total. The van der Waals surface area contributed by atoms with Crippen molar-refractivity contribution in [2.24, 2.45) is 0 Å². The Labute approximate surface area is 161 Å². The molecular formula is C22H19FN4O. The van der Waals surface area contributed by atoms with Crippen LogP contribution in [0, 0.1) is 5.82 Å². The van der Waals surface area contributed by atoms with Gasteiger partial charge >= 0.3 is 0 Å². The summed E-state index contributed by atoms with van der Waals surface area (Å²) >= 11 is 0. The molecule has 2 aromatic heterocycles. The number of hydrogen-bond donors (Lipinski definition) is 0. The Morgan fingerprint density at radius 2 is 1.89 bits per heavy atom. The lowest BCUT2D eigenvalue weighted by atomic mass is 10.1. The van der Waals surface area contributed by atoms with Gasteiger partial charge in [0.2, 0.25) is 5.89 Å². The molecule has 1 aliphatic heterocycles. The van der Waals surface area contributed by atoms with Gasteiger partial charge in [0.25, 0.3) is 5.89 Å². The average Bonchev–Trinajstić information content (AvgIpc) is 3.38. The average molecular weight is 374 g/mol. The standard InChI is InChI=1S/C22H19FN4O/c23-17-9-7-15(8-10-17)14-27-13-3-6-19(27)21-25-26-22(28-21)20-18-5-2-1-4-16(18)11-12-24-20/h1-2,4-5,7-12,19H,3,6,13-14H2. The number of nitrogens with zero attached hydrogens (tertiary/aromatic N) is 4. The molecule has 0 amide bonds. The first-order chi connectivity index (χ1) is 13.8. The van der Waals surface area contributed by atoms with E-state index in [-0.39, 0.29) is 11.9 Å². The van der Waals surface area contributed by atoms with Crippen LogP contribution < -0.4 is 0 Å². The van der Waals surface area contributed by atoms with E-state index in [1.807, 2.05) is 42.5 Å². The van der Waals surface area contributed by atoms with Crippen molar-refractivity contribution in [2.75, 3.05) is 6.54 Å². The van der Waals surface area contributed by atoms with Crippen LogP contribution in [-0.4, -0.2) is 26.6 Å². The molecule has 2 aromatic carbocycles. The molecule has 5 rings (SSSR count). The molecule has 140 valence electrons. The second kappa shape index (κ2) is 7.13. The first-order valence-corrected chi connectivity index (χ1v) is 9.44. The maximum atomic E-state index is 13.2. The van der Waals surface area contributed by atoms with E-state index in [9.17, 15) is 4.39 Å². The Hall–Kier alpha value is -3.12. The normalized spacial score (nSPS) is 17.4. The van der Waals surface area contributed by atoms with Crippen molar-refractivity contribution >= 4 is 10.8 Å². The zero-order valence-electron chi connectivity index (χ0n) is 15.3. The fourth-order valence-corrected chi connectivity index (χ4v) is 3.87. The first kappa shape index (κ1) is 17.0. The summed E-state index contributed by atoms with van der Waals surface area (Å²) < 4.78 is 19.2. The van der Waals surface area contributed by atoms with Crippen molar-refractivity contribution in [2.45, 2.75) is 25.4 Å². The molecule has 0 saturated carbocycles. The van der Waals surface area contributed by atoms with E-state index in [2.05, 4.69) is 20.1 Å². The summed E-state index contributed by atoms with van der Waals surface area (Å²) in [6.45, 7) is 1.68. The Bertz CT molecular complexity index is 1100. The fraction of sp³-hybridized carbons (Fsp3) is 0.227. The second-order valence-corrected chi connectivity index (χ2v) is 7.08. The third-order valence-electron chi connectivity index (χ3n) is 5.26. The van der Waals surface area contributed by atoms with E-state index in [1.54, 1.807) is 6.20 Å². The lowest BCUT2D eigenvalue weighted by molar-refractivity contribution is 0.215. The summed E-state index contributed by atoms with van der Waals surface area (Å²) in [5.74, 6) is 0.843. The summed E-state index contributed by atoms with van der Waals surface area (Å²) in [6.07, 6.45) is 3.79. The number of likely N-dealkylation sites (tertiary alicyclic amines) is 1. The van der Waals surface area contributed by atoms with E-state index in [1.165, 1.54) is 12.1 Å². The quantitative estimate of drug-likeness (QED) is 0.515. The van der Waals surface area contributed by atoms with Gasteiger partial charge in [0.1, 0.15) is 11.5 Å². The highest BCUT2D eigenvalue weighted by Gasteiger charge is 2.31. The Morgan fingerprint density at radius 3 is 2.79 bits per heavy atom. The third-order valence-corrected chi connectivity index (χ3v) is 5.26. The SMILES string of the molecule is Fc1ccc(CN2CCCC2c2nnc(-c3nccc4ccccc34)o2)cc1. The van der Waals surface area contributed by atoms with Crippen LogP contribution in [0.2, 0.25) is 0 Å². The van der Waals surface area contributed by atoms with E-state index < -0.39 is 0 Å². The van der Waals surface area contributed by atoms with Crippen LogP contribution in [0.4, 0.5) is 4.39 Å². The monoisotopic (exact) mass is 374 g/mol. The van der Waals surface area contributed by atoms with Crippen molar-refractivity contribution in [1.29, 1.82) is 0 Å². The van der Waals surface area contributed by atoms with E-state index in [4.69, 9.17) is 4.42 Å². The number of hydrogen-bond acceptors (Lipinski definition) is 5. The molecule has 0 radical (unpaired) electrons. The van der Waals surface area contributed by atoms with Gasteiger partial charge in [0.15, 0.2) is 0 Å². The number of pyridine rings is 1. The van der Waals surface area contributed by atoms with Crippen LogP contribution in [0.25, 0.3) is 22.4 Å². The first-order valence-electron chi connectivity index (χ1n) is 9.44. The Morgan fingerprint density at radius 1 is 1.04 bits per heavy atom. The van der Waals surface area contributed by atoms with Gasteiger partial charge in [-0.1, -0.05) is 36.4 Å². The third kappa shape index (κ3) is 3.16. The maximum absolute atomic E-state index is 13.2. The second-order valence-electron chi connectivity index (χ2n) is 7.08. The van der Waals surface area contributed by atoms with Gasteiger partial charge < -0.3 is 4.42 Å². The zero-order valence-corrected chi connectivity index (χ0v) is 15.3. The minimum atomic E-state index is -0.217. The molecule has 0 spiro atoms. The van der Waals surface area contributed by atoms with Gasteiger partial charge in [-0.2, -0.15) is 0 Å². The van der Waals surface area contributed by atoms with Crippen LogP contribution in [0.15, 0.2) is 65.2 Å². The molecule has 0 aliphatic carbocycles. The zero-order chi connectivity index (χ0) is 18.9. The summed E-state index contributed by atoms with van der Waals surface area (Å²) in [6, 6.07) is 16.7. The molecule has 1 atom stereocenters. The molecule has 28 heavy (non-hydrogen) atoms. The van der Waals surface area contributed by atoms with Crippen molar-refractivity contribution < 1.29 is 8.81 Å². The fourth-order valence-electron chi connectivity index (χ4n) is 3.87. The van der Waals surface area contributed by atoms with Gasteiger partial charge in [0.05, 0.1) is 6.04 Å². The van der Waals surface area contributed by atoms with Crippen LogP contribution in [0.1, 0.15) is 30.3 Å². The van der Waals surface area contributed by atoms with E-state index in [0.29, 0.717) is 17.5 Å². The van der Waals surface area contributed by atoms with Crippen molar-refractivity contribution in [3.05, 3.63) is 78.1 Å². The molecule has 1 saturated heterocycles. The smallest absolute Gasteiger partial charge is 0.266 e. The predicted octanol–water partition coefficient (Wildman–Crippen LogP) is 4.76. The van der Waals surface area contributed by atoms with E-state index in [0.717, 1.165) is 42.3 Å². The van der Waals surface area contributed by atoms with Gasteiger partial charge in [-0.05, 0) is 48.5 Å². The van der Waals surface area contributed by atoms with Gasteiger partial charge in [0, 0.05) is 18.1 Å². The number of fused-ring (bicyclic) bond motifs is 1. The highest BCUT2D eigenvalue weighted by Crippen LogP contribution is 2.34. The maximum Gasteiger partial charge on any atom is 0.266 e. The number of benzene rings is 2.